The van der Waals surface area contributed by atoms with Gasteiger partial charge in [-0.2, -0.15) is 13.2 Å². The van der Waals surface area contributed by atoms with E-state index in [-0.39, 0.29) is 24.8 Å². The third-order valence-electron chi connectivity index (χ3n) is 5.87. The van der Waals surface area contributed by atoms with Gasteiger partial charge in [0.1, 0.15) is 6.04 Å². The molecule has 0 radical (unpaired) electrons. The van der Waals surface area contributed by atoms with Crippen molar-refractivity contribution in [2.75, 3.05) is 5.32 Å². The highest BCUT2D eigenvalue weighted by molar-refractivity contribution is 6.31. The summed E-state index contributed by atoms with van der Waals surface area (Å²) >= 11 is 5.71. The second kappa shape index (κ2) is 12.1. The summed E-state index contributed by atoms with van der Waals surface area (Å²) in [5, 5.41) is 7.19. The molecule has 2 unspecified atom stereocenters. The first-order chi connectivity index (χ1) is 18.3. The summed E-state index contributed by atoms with van der Waals surface area (Å²) in [7, 11) is 0. The van der Waals surface area contributed by atoms with Crippen LogP contribution in [-0.2, 0) is 25.4 Å². The van der Waals surface area contributed by atoms with E-state index in [9.17, 15) is 37.1 Å². The van der Waals surface area contributed by atoms with E-state index < -0.39 is 52.5 Å². The number of hydrogen-bond donors (Lipinski definition) is 3. The SMILES string of the molecule is C/C(=C\C(=O)N(C=O)C1CCC(=O)NC1=O)Nc1cccc(C(C)NC(=O)c2ccc(C(F)(F)F)c(Cl)c2)c1. The lowest BCUT2D eigenvalue weighted by Crippen LogP contribution is -2.53. The van der Waals surface area contributed by atoms with Crippen molar-refractivity contribution in [2.45, 2.75) is 44.9 Å². The maximum atomic E-state index is 12.9. The lowest BCUT2D eigenvalue weighted by Gasteiger charge is -2.27. The van der Waals surface area contributed by atoms with Crippen LogP contribution in [0.3, 0.4) is 0 Å². The van der Waals surface area contributed by atoms with E-state index in [1.54, 1.807) is 38.1 Å². The maximum absolute atomic E-state index is 12.9. The van der Waals surface area contributed by atoms with E-state index in [0.29, 0.717) is 21.8 Å². The summed E-state index contributed by atoms with van der Waals surface area (Å²) in [5.41, 5.74) is 0.437. The fraction of sp³-hybridized carbons (Fsp3) is 0.269. The predicted octanol–water partition coefficient (Wildman–Crippen LogP) is 3.96. The monoisotopic (exact) mass is 564 g/mol. The minimum atomic E-state index is -4.64. The summed E-state index contributed by atoms with van der Waals surface area (Å²) in [6, 6.07) is 7.87. The van der Waals surface area contributed by atoms with Gasteiger partial charge in [-0.05, 0) is 56.2 Å². The third kappa shape index (κ3) is 7.44. The van der Waals surface area contributed by atoms with Gasteiger partial charge >= 0.3 is 6.18 Å². The molecule has 1 heterocycles. The van der Waals surface area contributed by atoms with Gasteiger partial charge in [0.05, 0.1) is 16.6 Å². The van der Waals surface area contributed by atoms with Gasteiger partial charge in [0.15, 0.2) is 0 Å². The summed E-state index contributed by atoms with van der Waals surface area (Å²) in [5.74, 6) is -2.58. The van der Waals surface area contributed by atoms with Crippen LogP contribution >= 0.6 is 11.6 Å². The topological polar surface area (TPSA) is 125 Å². The largest absolute Gasteiger partial charge is 0.417 e. The molecule has 1 aliphatic heterocycles. The van der Waals surface area contributed by atoms with Crippen molar-refractivity contribution in [1.82, 2.24) is 15.5 Å². The normalized spacial score (nSPS) is 16.7. The summed E-state index contributed by atoms with van der Waals surface area (Å²) in [6.07, 6.45) is -3.24. The Hall–Kier alpha value is -4.19. The van der Waals surface area contributed by atoms with Crippen molar-refractivity contribution >= 4 is 47.3 Å². The van der Waals surface area contributed by atoms with Gasteiger partial charge in [-0.15, -0.1) is 0 Å². The number of rotatable bonds is 8. The number of amides is 5. The first-order valence-corrected chi connectivity index (χ1v) is 12.0. The molecule has 1 saturated heterocycles. The molecule has 1 fully saturated rings. The fourth-order valence-corrected chi connectivity index (χ4v) is 4.17. The quantitative estimate of drug-likeness (QED) is 0.253. The molecule has 13 heteroatoms. The lowest BCUT2D eigenvalue weighted by molar-refractivity contribution is -0.148. The molecule has 0 spiro atoms. The van der Waals surface area contributed by atoms with Crippen LogP contribution < -0.4 is 16.0 Å². The van der Waals surface area contributed by atoms with Crippen molar-refractivity contribution in [3.05, 3.63) is 76.0 Å². The Bertz CT molecular complexity index is 1350. The molecule has 3 N–H and O–H groups in total. The Morgan fingerprint density at radius 1 is 1.18 bits per heavy atom. The zero-order valence-corrected chi connectivity index (χ0v) is 21.5. The third-order valence-corrected chi connectivity index (χ3v) is 6.18. The lowest BCUT2D eigenvalue weighted by atomic mass is 10.0. The van der Waals surface area contributed by atoms with E-state index in [2.05, 4.69) is 16.0 Å². The molecule has 5 amide bonds. The first kappa shape index (κ1) is 29.4. The van der Waals surface area contributed by atoms with Crippen LogP contribution in [0.25, 0.3) is 0 Å². The van der Waals surface area contributed by atoms with Crippen molar-refractivity contribution < 1.29 is 37.1 Å². The number of carbonyl (C=O) groups excluding carboxylic acids is 5. The minimum absolute atomic E-state index is 0.00238. The van der Waals surface area contributed by atoms with E-state index in [1.165, 1.54) is 0 Å². The predicted molar refractivity (Wildman–Crippen MR) is 135 cm³/mol. The number of nitrogens with one attached hydrogen (secondary N) is 3. The van der Waals surface area contributed by atoms with Crippen LogP contribution in [-0.4, -0.2) is 41.0 Å². The maximum Gasteiger partial charge on any atom is 0.417 e. The fourth-order valence-electron chi connectivity index (χ4n) is 3.89. The average molecular weight is 565 g/mol. The molecule has 9 nitrogen and oxygen atoms in total. The van der Waals surface area contributed by atoms with Gasteiger partial charge in [0.25, 0.3) is 11.8 Å². The molecule has 0 bridgehead atoms. The van der Waals surface area contributed by atoms with Crippen LogP contribution in [0.15, 0.2) is 54.2 Å². The Morgan fingerprint density at radius 3 is 2.51 bits per heavy atom. The van der Waals surface area contributed by atoms with E-state index >= 15 is 0 Å². The number of halogens is 4. The molecule has 2 atom stereocenters. The number of anilines is 1. The number of carbonyl (C=O) groups is 5. The number of benzene rings is 2. The van der Waals surface area contributed by atoms with Crippen LogP contribution in [0.5, 0.6) is 0 Å². The van der Waals surface area contributed by atoms with Crippen molar-refractivity contribution in [1.29, 1.82) is 0 Å². The summed E-state index contributed by atoms with van der Waals surface area (Å²) < 4.78 is 38.8. The van der Waals surface area contributed by atoms with E-state index in [1.807, 2.05) is 0 Å². The molecule has 2 aromatic rings. The second-order valence-corrected chi connectivity index (χ2v) is 9.19. The number of nitrogens with zero attached hydrogens (tertiary/aromatic N) is 1. The second-order valence-electron chi connectivity index (χ2n) is 8.78. The zero-order chi connectivity index (χ0) is 28.9. The molecule has 0 aromatic heterocycles. The number of allylic oxidation sites excluding steroid dienone is 1. The highest BCUT2D eigenvalue weighted by atomic mass is 35.5. The Balaban J connectivity index is 1.67. The molecular weight excluding hydrogens is 541 g/mol. The molecule has 0 saturated carbocycles. The number of imide groups is 2. The first-order valence-electron chi connectivity index (χ1n) is 11.6. The standard InChI is InChI=1S/C26H24ClF3N4O5/c1-14(10-23(37)34(13-35)21-8-9-22(36)33-25(21)39)31-18-5-3-4-16(11-18)15(2)32-24(38)17-6-7-19(20(27)12-17)26(28,29)30/h3-7,10-13,15,21,31H,8-9H2,1-2H3,(H,32,38)(H,33,36,39)/b14-10+. The van der Waals surface area contributed by atoms with Crippen LogP contribution in [0.1, 0.15) is 54.2 Å². The van der Waals surface area contributed by atoms with Crippen molar-refractivity contribution in [3.63, 3.8) is 0 Å². The number of alkyl halides is 3. The molecule has 0 aliphatic carbocycles. The van der Waals surface area contributed by atoms with Gasteiger partial charge in [0, 0.05) is 29.4 Å². The van der Waals surface area contributed by atoms with Crippen LogP contribution in [0.4, 0.5) is 18.9 Å². The Labute approximate surface area is 226 Å². The summed E-state index contributed by atoms with van der Waals surface area (Å²) in [4.78, 5) is 60.8. The molecule has 206 valence electrons. The van der Waals surface area contributed by atoms with Crippen molar-refractivity contribution in [3.8, 4) is 0 Å². The van der Waals surface area contributed by atoms with E-state index in [0.717, 1.165) is 24.3 Å². The van der Waals surface area contributed by atoms with Gasteiger partial charge < -0.3 is 10.6 Å². The number of hydrogen-bond acceptors (Lipinski definition) is 6. The molecule has 39 heavy (non-hydrogen) atoms. The highest BCUT2D eigenvalue weighted by Gasteiger charge is 2.34. The smallest absolute Gasteiger partial charge is 0.359 e. The average Bonchev–Trinajstić information content (AvgIpc) is 2.84. The van der Waals surface area contributed by atoms with Crippen LogP contribution in [0, 0.1) is 0 Å². The minimum Gasteiger partial charge on any atom is -0.359 e. The highest BCUT2D eigenvalue weighted by Crippen LogP contribution is 2.35. The van der Waals surface area contributed by atoms with Gasteiger partial charge in [-0.3, -0.25) is 34.2 Å². The van der Waals surface area contributed by atoms with E-state index in [4.69, 9.17) is 11.6 Å². The van der Waals surface area contributed by atoms with Crippen LogP contribution in [0.2, 0.25) is 5.02 Å². The molecule has 1 aliphatic rings. The summed E-state index contributed by atoms with van der Waals surface area (Å²) in [6.45, 7) is 3.24. The number of piperidine rings is 1. The van der Waals surface area contributed by atoms with Crippen molar-refractivity contribution in [2.24, 2.45) is 0 Å². The molecular formula is C26H24ClF3N4O5. The zero-order valence-electron chi connectivity index (χ0n) is 20.8. The van der Waals surface area contributed by atoms with Gasteiger partial charge in [-0.25, -0.2) is 0 Å². The van der Waals surface area contributed by atoms with Gasteiger partial charge in [-0.1, -0.05) is 23.7 Å². The molecule has 3 rings (SSSR count). The molecule has 2 aromatic carbocycles. The van der Waals surface area contributed by atoms with Gasteiger partial charge in [0.2, 0.25) is 18.2 Å². The Morgan fingerprint density at radius 2 is 1.90 bits per heavy atom. The Kier molecular flexibility index (Phi) is 9.12.